The topological polar surface area (TPSA) is 65.0 Å². The minimum Gasteiger partial charge on any atom is -0.494 e. The number of carbonyl (C=O) groups excluding carboxylic acids is 2. The Kier molecular flexibility index (Phi) is 6.89. The van der Waals surface area contributed by atoms with Crippen molar-refractivity contribution in [3.05, 3.63) is 58.6 Å². The number of methoxy groups -OCH3 is 1. The van der Waals surface area contributed by atoms with Crippen molar-refractivity contribution in [3.8, 4) is 5.75 Å². The van der Waals surface area contributed by atoms with Crippen LogP contribution in [0.2, 0.25) is 0 Å². The Hall–Kier alpha value is -2.47. The highest BCUT2D eigenvalue weighted by molar-refractivity contribution is 9.10. The van der Waals surface area contributed by atoms with Crippen LogP contribution < -0.4 is 4.74 Å². The number of hydrogen-bond donors (Lipinski definition) is 0. The number of nitrogens with zero attached hydrogens (tertiary/aromatic N) is 1. The monoisotopic (exact) mass is 403 g/mol. The predicted octanol–water partition coefficient (Wildman–Crippen LogP) is 4.37. The predicted molar refractivity (Wildman–Crippen MR) is 99.8 cm³/mol. The molecule has 0 bridgehead atoms. The van der Waals surface area contributed by atoms with Gasteiger partial charge in [-0.2, -0.15) is 0 Å². The molecule has 130 valence electrons. The smallest absolute Gasteiger partial charge is 0.352 e. The zero-order valence-electron chi connectivity index (χ0n) is 14.0. The van der Waals surface area contributed by atoms with Gasteiger partial charge in [0.1, 0.15) is 11.5 Å². The molecule has 2 aromatic carbocycles. The zero-order valence-corrected chi connectivity index (χ0v) is 15.6. The van der Waals surface area contributed by atoms with Crippen LogP contribution in [0.1, 0.15) is 23.7 Å². The van der Waals surface area contributed by atoms with Crippen molar-refractivity contribution in [3.63, 3.8) is 0 Å². The third-order valence-electron chi connectivity index (χ3n) is 3.33. The number of carbonyl (C=O) groups is 2. The highest BCUT2D eigenvalue weighted by Gasteiger charge is 2.18. The van der Waals surface area contributed by atoms with Crippen molar-refractivity contribution in [2.24, 2.45) is 4.99 Å². The average molecular weight is 404 g/mol. The zero-order chi connectivity index (χ0) is 18.2. The summed E-state index contributed by atoms with van der Waals surface area (Å²) in [5.74, 6) is -0.151. The summed E-state index contributed by atoms with van der Waals surface area (Å²) in [6, 6.07) is 13.9. The molecule has 0 aliphatic rings. The maximum absolute atomic E-state index is 12.5. The van der Waals surface area contributed by atoms with Crippen molar-refractivity contribution in [1.82, 2.24) is 0 Å². The van der Waals surface area contributed by atoms with Gasteiger partial charge in [-0.3, -0.25) is 4.79 Å². The van der Waals surface area contributed by atoms with Crippen molar-refractivity contribution in [1.29, 1.82) is 0 Å². The molecule has 0 aliphatic carbocycles. The number of hydrogen-bond acceptors (Lipinski definition) is 5. The molecule has 2 rings (SSSR count). The van der Waals surface area contributed by atoms with Gasteiger partial charge in [0, 0.05) is 10.0 Å². The second kappa shape index (κ2) is 9.13. The number of halogens is 1. The van der Waals surface area contributed by atoms with Crippen LogP contribution >= 0.6 is 15.9 Å². The second-order valence-corrected chi connectivity index (χ2v) is 6.00. The lowest BCUT2D eigenvalue weighted by molar-refractivity contribution is -0.132. The van der Waals surface area contributed by atoms with Gasteiger partial charge in [0.2, 0.25) is 0 Å². The van der Waals surface area contributed by atoms with E-state index in [1.165, 1.54) is 7.11 Å². The van der Waals surface area contributed by atoms with E-state index >= 15 is 0 Å². The van der Waals surface area contributed by atoms with E-state index in [0.29, 0.717) is 23.6 Å². The molecular formula is C19H18BrNO4. The maximum Gasteiger partial charge on any atom is 0.352 e. The fourth-order valence-corrected chi connectivity index (χ4v) is 2.37. The normalized spacial score (nSPS) is 11.1. The molecule has 0 N–H and O–H groups in total. The second-order valence-electron chi connectivity index (χ2n) is 5.08. The van der Waals surface area contributed by atoms with E-state index in [4.69, 9.17) is 9.47 Å². The lowest BCUT2D eigenvalue weighted by atomic mass is 10.1. The molecular weight excluding hydrogens is 386 g/mol. The Balaban J connectivity index is 2.19. The average Bonchev–Trinajstić information content (AvgIpc) is 2.63. The molecule has 0 aliphatic heterocycles. The standard InChI is InChI=1S/C19H18BrNO4/c1-3-25-16-10-4-13(5-11-16)18(22)12-17(19(23)24-2)21-15-8-6-14(20)7-9-15/h4-11H,3,12H2,1-2H3. The number of ether oxygens (including phenoxy) is 2. The Labute approximate surface area is 154 Å². The summed E-state index contributed by atoms with van der Waals surface area (Å²) in [5, 5.41) is 0. The van der Waals surface area contributed by atoms with Crippen molar-refractivity contribution < 1.29 is 19.1 Å². The largest absolute Gasteiger partial charge is 0.494 e. The summed E-state index contributed by atoms with van der Waals surface area (Å²) in [6.45, 7) is 2.44. The molecule has 0 amide bonds. The maximum atomic E-state index is 12.5. The summed E-state index contributed by atoms with van der Waals surface area (Å²) < 4.78 is 11.0. The highest BCUT2D eigenvalue weighted by Crippen LogP contribution is 2.19. The summed E-state index contributed by atoms with van der Waals surface area (Å²) in [5.41, 5.74) is 1.11. The van der Waals surface area contributed by atoms with Crippen LogP contribution in [0.15, 0.2) is 58.0 Å². The molecule has 25 heavy (non-hydrogen) atoms. The van der Waals surface area contributed by atoms with Gasteiger partial charge in [-0.15, -0.1) is 0 Å². The van der Waals surface area contributed by atoms with Crippen molar-refractivity contribution in [2.45, 2.75) is 13.3 Å². The lowest BCUT2D eigenvalue weighted by Gasteiger charge is -2.06. The van der Waals surface area contributed by atoms with Crippen molar-refractivity contribution in [2.75, 3.05) is 13.7 Å². The molecule has 5 nitrogen and oxygen atoms in total. The molecule has 0 fully saturated rings. The number of ketones is 1. The Morgan fingerprint density at radius 2 is 1.68 bits per heavy atom. The third kappa shape index (κ3) is 5.53. The molecule has 0 saturated heterocycles. The van der Waals surface area contributed by atoms with E-state index < -0.39 is 5.97 Å². The van der Waals surface area contributed by atoms with E-state index in [0.717, 1.165) is 4.47 Å². The summed E-state index contributed by atoms with van der Waals surface area (Å²) in [7, 11) is 1.26. The number of benzene rings is 2. The number of esters is 1. The summed E-state index contributed by atoms with van der Waals surface area (Å²) in [6.07, 6.45) is -0.142. The van der Waals surface area contributed by atoms with Crippen LogP contribution in [0.3, 0.4) is 0 Å². The van der Waals surface area contributed by atoms with Gasteiger partial charge >= 0.3 is 5.97 Å². The summed E-state index contributed by atoms with van der Waals surface area (Å²) in [4.78, 5) is 28.7. The van der Waals surface area contributed by atoms with Crippen LogP contribution in [0.25, 0.3) is 0 Å². The van der Waals surface area contributed by atoms with E-state index in [2.05, 4.69) is 20.9 Å². The molecule has 0 unspecified atom stereocenters. The van der Waals surface area contributed by atoms with E-state index in [1.807, 2.05) is 19.1 Å². The molecule has 0 radical (unpaired) electrons. The van der Waals surface area contributed by atoms with Gasteiger partial charge in [-0.25, -0.2) is 9.79 Å². The minimum absolute atomic E-state index is 0.0590. The fraction of sp³-hybridized carbons (Fsp3) is 0.211. The van der Waals surface area contributed by atoms with Gasteiger partial charge in [-0.05, 0) is 55.5 Å². The molecule has 0 saturated carbocycles. The first kappa shape index (κ1) is 18.9. The Bertz CT molecular complexity index is 767. The van der Waals surface area contributed by atoms with Gasteiger partial charge < -0.3 is 9.47 Å². The number of Topliss-reactive ketones (excluding diaryl/α,β-unsaturated/α-hetero) is 1. The molecule has 0 heterocycles. The minimum atomic E-state index is -0.623. The molecule has 0 aromatic heterocycles. The number of rotatable bonds is 7. The SMILES string of the molecule is CCOc1ccc(C(=O)CC(=Nc2ccc(Br)cc2)C(=O)OC)cc1. The van der Waals surface area contributed by atoms with E-state index in [1.54, 1.807) is 36.4 Å². The van der Waals surface area contributed by atoms with Gasteiger partial charge in [0.05, 0.1) is 25.8 Å². The molecule has 0 spiro atoms. The molecule has 2 aromatic rings. The van der Waals surface area contributed by atoms with Crippen LogP contribution in [-0.4, -0.2) is 31.2 Å². The number of aliphatic imine (C=N–C) groups is 1. The van der Waals surface area contributed by atoms with Crippen molar-refractivity contribution >= 4 is 39.1 Å². The van der Waals surface area contributed by atoms with Crippen LogP contribution in [0.5, 0.6) is 5.75 Å². The Morgan fingerprint density at radius 1 is 1.04 bits per heavy atom. The van der Waals surface area contributed by atoms with Gasteiger partial charge in [0.25, 0.3) is 0 Å². The molecule has 6 heteroatoms. The van der Waals surface area contributed by atoms with Gasteiger partial charge in [0.15, 0.2) is 5.78 Å². The first-order valence-electron chi connectivity index (χ1n) is 7.71. The Morgan fingerprint density at radius 3 is 2.24 bits per heavy atom. The molecule has 0 atom stereocenters. The highest BCUT2D eigenvalue weighted by atomic mass is 79.9. The van der Waals surface area contributed by atoms with Gasteiger partial charge in [-0.1, -0.05) is 15.9 Å². The quantitative estimate of drug-likeness (QED) is 0.391. The van der Waals surface area contributed by atoms with Crippen LogP contribution in [0, 0.1) is 0 Å². The third-order valence-corrected chi connectivity index (χ3v) is 3.86. The van der Waals surface area contributed by atoms with E-state index in [-0.39, 0.29) is 17.9 Å². The lowest BCUT2D eigenvalue weighted by Crippen LogP contribution is -2.19. The first-order valence-corrected chi connectivity index (χ1v) is 8.50. The van der Waals surface area contributed by atoms with E-state index in [9.17, 15) is 9.59 Å². The van der Waals surface area contributed by atoms with Crippen LogP contribution in [0.4, 0.5) is 5.69 Å². The first-order chi connectivity index (χ1) is 12.0. The summed E-state index contributed by atoms with van der Waals surface area (Å²) >= 11 is 3.34. The fourth-order valence-electron chi connectivity index (χ4n) is 2.10. The van der Waals surface area contributed by atoms with Crippen LogP contribution in [-0.2, 0) is 9.53 Å².